The predicted octanol–water partition coefficient (Wildman–Crippen LogP) is 5.76. The number of hydrogen-bond acceptors (Lipinski definition) is 5. The second kappa shape index (κ2) is 10.6. The van der Waals surface area contributed by atoms with E-state index in [2.05, 4.69) is 0 Å². The summed E-state index contributed by atoms with van der Waals surface area (Å²) in [6, 6.07) is 24.5. The minimum atomic E-state index is -0.642. The standard InChI is InChI=1S/C27H28O5/c1-27(2,3)32-26(29)17-23(28)22-14-15-24(30-18-20-10-6-4-7-11-20)25(16-22)31-19-21-12-8-5-9-13-21/h4-16H,17-19H2,1-3H3. The zero-order chi connectivity index (χ0) is 23.0. The lowest BCUT2D eigenvalue weighted by molar-refractivity contribution is -0.153. The number of ether oxygens (including phenoxy) is 3. The van der Waals surface area contributed by atoms with Crippen LogP contribution in [-0.4, -0.2) is 17.4 Å². The van der Waals surface area contributed by atoms with E-state index in [0.717, 1.165) is 11.1 Å². The number of carbonyl (C=O) groups is 2. The summed E-state index contributed by atoms with van der Waals surface area (Å²) >= 11 is 0. The van der Waals surface area contributed by atoms with Crippen molar-refractivity contribution in [3.63, 3.8) is 0 Å². The SMILES string of the molecule is CC(C)(C)OC(=O)CC(=O)c1ccc(OCc2ccccc2)c(OCc2ccccc2)c1. The van der Waals surface area contributed by atoms with Gasteiger partial charge in [-0.1, -0.05) is 60.7 Å². The molecule has 0 bridgehead atoms. The van der Waals surface area contributed by atoms with Crippen LogP contribution in [0.4, 0.5) is 0 Å². The molecule has 0 unspecified atom stereocenters. The fraction of sp³-hybridized carbons (Fsp3) is 0.259. The van der Waals surface area contributed by atoms with Crippen molar-refractivity contribution in [3.8, 4) is 11.5 Å². The highest BCUT2D eigenvalue weighted by atomic mass is 16.6. The molecular formula is C27H28O5. The molecule has 5 nitrogen and oxygen atoms in total. The van der Waals surface area contributed by atoms with Crippen LogP contribution in [0.2, 0.25) is 0 Å². The molecule has 0 radical (unpaired) electrons. The molecule has 0 aromatic heterocycles. The maximum absolute atomic E-state index is 12.7. The van der Waals surface area contributed by atoms with Crippen LogP contribution in [0.5, 0.6) is 11.5 Å². The van der Waals surface area contributed by atoms with E-state index < -0.39 is 11.6 Å². The summed E-state index contributed by atoms with van der Waals surface area (Å²) in [5, 5.41) is 0. The highest BCUT2D eigenvalue weighted by Crippen LogP contribution is 2.30. The number of carbonyl (C=O) groups excluding carboxylic acids is 2. The van der Waals surface area contributed by atoms with Crippen LogP contribution in [0.3, 0.4) is 0 Å². The zero-order valence-electron chi connectivity index (χ0n) is 18.7. The number of rotatable bonds is 9. The summed E-state index contributed by atoms with van der Waals surface area (Å²) in [6.07, 6.45) is -0.334. The van der Waals surface area contributed by atoms with Gasteiger partial charge < -0.3 is 14.2 Å². The highest BCUT2D eigenvalue weighted by molar-refractivity contribution is 6.06. The normalized spacial score (nSPS) is 11.0. The van der Waals surface area contributed by atoms with Crippen LogP contribution in [-0.2, 0) is 22.7 Å². The first kappa shape index (κ1) is 23.1. The molecule has 0 aliphatic rings. The summed E-state index contributed by atoms with van der Waals surface area (Å²) in [4.78, 5) is 24.7. The van der Waals surface area contributed by atoms with E-state index in [4.69, 9.17) is 14.2 Å². The minimum Gasteiger partial charge on any atom is -0.485 e. The minimum absolute atomic E-state index is 0.326. The van der Waals surface area contributed by atoms with Gasteiger partial charge in [-0.2, -0.15) is 0 Å². The lowest BCUT2D eigenvalue weighted by Gasteiger charge is -2.19. The van der Waals surface area contributed by atoms with Gasteiger partial charge in [0.05, 0.1) is 0 Å². The third kappa shape index (κ3) is 7.27. The molecule has 0 fully saturated rings. The van der Waals surface area contributed by atoms with Crippen molar-refractivity contribution in [3.05, 3.63) is 95.6 Å². The molecule has 0 saturated heterocycles. The lowest BCUT2D eigenvalue weighted by Crippen LogP contribution is -2.25. The monoisotopic (exact) mass is 432 g/mol. The molecule has 0 atom stereocenters. The number of esters is 1. The van der Waals surface area contributed by atoms with Crippen LogP contribution in [0, 0.1) is 0 Å². The Bertz CT molecular complexity index is 1040. The van der Waals surface area contributed by atoms with E-state index in [9.17, 15) is 9.59 Å². The number of Topliss-reactive ketones (excluding diaryl/α,β-unsaturated/α-hetero) is 1. The van der Waals surface area contributed by atoms with Crippen LogP contribution >= 0.6 is 0 Å². The van der Waals surface area contributed by atoms with E-state index in [1.54, 1.807) is 39.0 Å². The quantitative estimate of drug-likeness (QED) is 0.244. The van der Waals surface area contributed by atoms with Gasteiger partial charge in [-0.3, -0.25) is 9.59 Å². The highest BCUT2D eigenvalue weighted by Gasteiger charge is 2.21. The second-order valence-corrected chi connectivity index (χ2v) is 8.40. The average Bonchev–Trinajstić information content (AvgIpc) is 2.76. The molecule has 5 heteroatoms. The van der Waals surface area contributed by atoms with E-state index in [0.29, 0.717) is 30.3 Å². The largest absolute Gasteiger partial charge is 0.485 e. The van der Waals surface area contributed by atoms with Crippen molar-refractivity contribution in [2.24, 2.45) is 0 Å². The van der Waals surface area contributed by atoms with Gasteiger partial charge in [0, 0.05) is 5.56 Å². The van der Waals surface area contributed by atoms with Crippen LogP contribution in [0.1, 0.15) is 48.7 Å². The van der Waals surface area contributed by atoms with Gasteiger partial charge in [-0.05, 0) is 50.1 Å². The van der Waals surface area contributed by atoms with E-state index in [1.165, 1.54) is 0 Å². The van der Waals surface area contributed by atoms with Gasteiger partial charge in [0.1, 0.15) is 25.2 Å². The van der Waals surface area contributed by atoms with E-state index in [-0.39, 0.29) is 12.2 Å². The Morgan fingerprint density at radius 1 is 0.719 bits per heavy atom. The maximum atomic E-state index is 12.7. The molecule has 3 aromatic carbocycles. The molecule has 0 spiro atoms. The third-order valence-corrected chi connectivity index (χ3v) is 4.46. The summed E-state index contributed by atoms with van der Waals surface area (Å²) < 4.78 is 17.2. The first-order valence-corrected chi connectivity index (χ1v) is 10.5. The molecule has 0 amide bonds. The summed E-state index contributed by atoms with van der Waals surface area (Å²) in [5.41, 5.74) is 1.74. The zero-order valence-corrected chi connectivity index (χ0v) is 18.7. The summed E-state index contributed by atoms with van der Waals surface area (Å²) in [7, 11) is 0. The van der Waals surface area contributed by atoms with E-state index in [1.807, 2.05) is 60.7 Å². The molecule has 166 valence electrons. The van der Waals surface area contributed by atoms with Crippen LogP contribution in [0.25, 0.3) is 0 Å². The first-order chi connectivity index (χ1) is 15.3. The predicted molar refractivity (Wildman–Crippen MR) is 123 cm³/mol. The van der Waals surface area contributed by atoms with Crippen LogP contribution in [0.15, 0.2) is 78.9 Å². The average molecular weight is 433 g/mol. The summed E-state index contributed by atoms with van der Waals surface area (Å²) in [6.45, 7) is 6.00. The van der Waals surface area contributed by atoms with Crippen molar-refractivity contribution < 1.29 is 23.8 Å². The number of benzene rings is 3. The van der Waals surface area contributed by atoms with Gasteiger partial charge in [0.15, 0.2) is 17.3 Å². The van der Waals surface area contributed by atoms with Crippen molar-refractivity contribution in [1.82, 2.24) is 0 Å². The second-order valence-electron chi connectivity index (χ2n) is 8.40. The fourth-order valence-corrected chi connectivity index (χ4v) is 2.99. The van der Waals surface area contributed by atoms with Crippen molar-refractivity contribution in [2.75, 3.05) is 0 Å². The van der Waals surface area contributed by atoms with Gasteiger partial charge >= 0.3 is 5.97 Å². The molecule has 0 aliphatic carbocycles. The fourth-order valence-electron chi connectivity index (χ4n) is 2.99. The van der Waals surface area contributed by atoms with Gasteiger partial charge in [0.25, 0.3) is 0 Å². The van der Waals surface area contributed by atoms with E-state index >= 15 is 0 Å². The molecule has 3 aromatic rings. The first-order valence-electron chi connectivity index (χ1n) is 10.5. The molecule has 0 aliphatic heterocycles. The third-order valence-electron chi connectivity index (χ3n) is 4.46. The molecule has 3 rings (SSSR count). The maximum Gasteiger partial charge on any atom is 0.314 e. The Morgan fingerprint density at radius 3 is 1.78 bits per heavy atom. The van der Waals surface area contributed by atoms with Crippen LogP contribution < -0.4 is 9.47 Å². The van der Waals surface area contributed by atoms with Gasteiger partial charge in [-0.15, -0.1) is 0 Å². The molecule has 0 saturated carbocycles. The van der Waals surface area contributed by atoms with Crippen molar-refractivity contribution in [1.29, 1.82) is 0 Å². The summed E-state index contributed by atoms with van der Waals surface area (Å²) in [5.74, 6) is 0.0792. The van der Waals surface area contributed by atoms with Crippen molar-refractivity contribution in [2.45, 2.75) is 46.0 Å². The number of hydrogen-bond donors (Lipinski definition) is 0. The molecular weight excluding hydrogens is 404 g/mol. The molecule has 0 heterocycles. The Hall–Kier alpha value is -3.60. The van der Waals surface area contributed by atoms with Crippen molar-refractivity contribution >= 4 is 11.8 Å². The Balaban J connectivity index is 1.76. The Labute approximate surface area is 188 Å². The van der Waals surface area contributed by atoms with Gasteiger partial charge in [-0.25, -0.2) is 0 Å². The topological polar surface area (TPSA) is 61.8 Å². The lowest BCUT2D eigenvalue weighted by atomic mass is 10.1. The molecule has 32 heavy (non-hydrogen) atoms. The van der Waals surface area contributed by atoms with Gasteiger partial charge in [0.2, 0.25) is 0 Å². The Kier molecular flexibility index (Phi) is 7.66. The molecule has 0 N–H and O–H groups in total. The smallest absolute Gasteiger partial charge is 0.314 e. The number of ketones is 1. The Morgan fingerprint density at radius 2 is 1.25 bits per heavy atom.